The van der Waals surface area contributed by atoms with Crippen LogP contribution in [0.2, 0.25) is 0 Å². The van der Waals surface area contributed by atoms with Crippen LogP contribution in [-0.2, 0) is 0 Å². The molecule has 0 saturated heterocycles. The first-order valence-corrected chi connectivity index (χ1v) is 5.36. The Balaban J connectivity index is 2.28. The molecule has 0 aliphatic heterocycles. The van der Waals surface area contributed by atoms with Crippen molar-refractivity contribution < 1.29 is 0 Å². The molecule has 2 aromatic rings. The molecular weight excluding hydrogens is 220 g/mol. The number of pyridine rings is 2. The number of anilines is 1. The third-order valence-electron chi connectivity index (χ3n) is 1.86. The van der Waals surface area contributed by atoms with Crippen molar-refractivity contribution >= 4 is 17.4 Å². The third-order valence-corrected chi connectivity index (χ3v) is 2.89. The van der Waals surface area contributed by atoms with E-state index >= 15 is 0 Å². The second kappa shape index (κ2) is 4.64. The number of nitrogens with zero attached hydrogens (tertiary/aromatic N) is 3. The summed E-state index contributed by atoms with van der Waals surface area (Å²) >= 11 is 1.42. The van der Waals surface area contributed by atoms with Crippen LogP contribution in [0.25, 0.3) is 0 Å². The molecule has 0 aromatic carbocycles. The van der Waals surface area contributed by atoms with E-state index in [1.807, 2.05) is 18.2 Å². The van der Waals surface area contributed by atoms with E-state index in [1.54, 1.807) is 24.5 Å². The van der Waals surface area contributed by atoms with Crippen molar-refractivity contribution in [3.05, 3.63) is 42.4 Å². The monoisotopic (exact) mass is 228 g/mol. The van der Waals surface area contributed by atoms with E-state index in [0.29, 0.717) is 11.4 Å². The van der Waals surface area contributed by atoms with Gasteiger partial charge in [0.2, 0.25) is 0 Å². The van der Waals surface area contributed by atoms with Crippen LogP contribution in [0.3, 0.4) is 0 Å². The maximum absolute atomic E-state index is 8.73. The molecule has 78 valence electrons. The maximum Gasteiger partial charge on any atom is 0.141 e. The quantitative estimate of drug-likeness (QED) is 0.851. The molecule has 0 amide bonds. The smallest absolute Gasteiger partial charge is 0.141 e. The van der Waals surface area contributed by atoms with Crippen molar-refractivity contribution in [2.45, 2.75) is 9.92 Å². The summed E-state index contributed by atoms with van der Waals surface area (Å²) in [5.74, 6) is 0. The van der Waals surface area contributed by atoms with Gasteiger partial charge in [-0.2, -0.15) is 5.26 Å². The Bertz CT molecular complexity index is 548. The highest BCUT2D eigenvalue weighted by molar-refractivity contribution is 7.99. The van der Waals surface area contributed by atoms with E-state index in [-0.39, 0.29) is 0 Å². The number of aromatic nitrogens is 2. The van der Waals surface area contributed by atoms with E-state index in [1.165, 1.54) is 11.8 Å². The van der Waals surface area contributed by atoms with Crippen molar-refractivity contribution in [1.82, 2.24) is 9.97 Å². The number of nitriles is 1. The largest absolute Gasteiger partial charge is 0.397 e. The Morgan fingerprint density at radius 3 is 2.94 bits per heavy atom. The lowest BCUT2D eigenvalue weighted by atomic mass is 10.4. The van der Waals surface area contributed by atoms with Crippen LogP contribution in [0, 0.1) is 11.3 Å². The first-order chi connectivity index (χ1) is 7.79. The maximum atomic E-state index is 8.73. The molecule has 2 aromatic heterocycles. The topological polar surface area (TPSA) is 75.6 Å². The molecule has 0 unspecified atom stereocenters. The summed E-state index contributed by atoms with van der Waals surface area (Å²) in [5, 5.41) is 9.47. The molecule has 2 rings (SSSR count). The van der Waals surface area contributed by atoms with Gasteiger partial charge in [0, 0.05) is 11.1 Å². The zero-order chi connectivity index (χ0) is 11.4. The number of rotatable bonds is 2. The summed E-state index contributed by atoms with van der Waals surface area (Å²) in [6.07, 6.45) is 3.27. The van der Waals surface area contributed by atoms with Gasteiger partial charge in [0.25, 0.3) is 0 Å². The molecule has 2 heterocycles. The van der Waals surface area contributed by atoms with Crippen LogP contribution in [0.1, 0.15) is 5.69 Å². The lowest BCUT2D eigenvalue weighted by molar-refractivity contribution is 1.10. The molecule has 4 nitrogen and oxygen atoms in total. The van der Waals surface area contributed by atoms with Crippen LogP contribution in [0.5, 0.6) is 0 Å². The Hall–Kier alpha value is -2.06. The fraction of sp³-hybridized carbons (Fsp3) is 0. The van der Waals surface area contributed by atoms with Crippen LogP contribution in [0.4, 0.5) is 5.69 Å². The highest BCUT2D eigenvalue weighted by Crippen LogP contribution is 2.29. The van der Waals surface area contributed by atoms with Gasteiger partial charge in [-0.05, 0) is 18.2 Å². The van der Waals surface area contributed by atoms with Gasteiger partial charge in [0.1, 0.15) is 16.8 Å². The average molecular weight is 228 g/mol. The molecule has 0 aliphatic carbocycles. The predicted octanol–water partition coefficient (Wildman–Crippen LogP) is 2.08. The first kappa shape index (κ1) is 10.5. The minimum atomic E-state index is 0.401. The summed E-state index contributed by atoms with van der Waals surface area (Å²) < 4.78 is 0. The number of hydrogen-bond donors (Lipinski definition) is 1. The molecule has 0 saturated carbocycles. The van der Waals surface area contributed by atoms with Crippen molar-refractivity contribution in [3.63, 3.8) is 0 Å². The second-order valence-corrected chi connectivity index (χ2v) is 4.05. The van der Waals surface area contributed by atoms with Gasteiger partial charge < -0.3 is 5.73 Å². The number of hydrogen-bond acceptors (Lipinski definition) is 5. The Labute approximate surface area is 97.1 Å². The molecule has 16 heavy (non-hydrogen) atoms. The van der Waals surface area contributed by atoms with Gasteiger partial charge >= 0.3 is 0 Å². The molecular formula is C11H8N4S. The van der Waals surface area contributed by atoms with Crippen LogP contribution >= 0.6 is 11.8 Å². The van der Waals surface area contributed by atoms with Gasteiger partial charge in [-0.1, -0.05) is 17.8 Å². The van der Waals surface area contributed by atoms with E-state index in [2.05, 4.69) is 9.97 Å². The van der Waals surface area contributed by atoms with Crippen molar-refractivity contribution in [2.24, 2.45) is 0 Å². The number of nitrogens with two attached hydrogens (primary N) is 1. The Morgan fingerprint density at radius 2 is 2.19 bits per heavy atom. The fourth-order valence-corrected chi connectivity index (χ4v) is 1.95. The van der Waals surface area contributed by atoms with Gasteiger partial charge in [0.05, 0.1) is 11.9 Å². The summed E-state index contributed by atoms with van der Waals surface area (Å²) in [5.41, 5.74) is 6.77. The van der Waals surface area contributed by atoms with Crippen LogP contribution < -0.4 is 5.73 Å². The molecule has 5 heteroatoms. The molecule has 0 aliphatic rings. The lowest BCUT2D eigenvalue weighted by Crippen LogP contribution is -1.90. The second-order valence-electron chi connectivity index (χ2n) is 2.99. The van der Waals surface area contributed by atoms with Gasteiger partial charge in [-0.15, -0.1) is 0 Å². The zero-order valence-corrected chi connectivity index (χ0v) is 9.11. The molecule has 0 spiro atoms. The minimum Gasteiger partial charge on any atom is -0.397 e. The van der Waals surface area contributed by atoms with Gasteiger partial charge in [-0.3, -0.25) is 4.98 Å². The van der Waals surface area contributed by atoms with E-state index in [0.717, 1.165) is 9.92 Å². The third kappa shape index (κ3) is 2.30. The van der Waals surface area contributed by atoms with Crippen molar-refractivity contribution in [1.29, 1.82) is 5.26 Å². The summed E-state index contributed by atoms with van der Waals surface area (Å²) in [6, 6.07) is 9.12. The predicted molar refractivity (Wildman–Crippen MR) is 61.7 cm³/mol. The van der Waals surface area contributed by atoms with Crippen molar-refractivity contribution in [3.8, 4) is 6.07 Å². The average Bonchev–Trinajstić information content (AvgIpc) is 2.32. The molecule has 2 N–H and O–H groups in total. The SMILES string of the molecule is N#Cc1cccc(Sc2ccncc2N)n1. The molecule has 0 atom stereocenters. The molecule has 0 radical (unpaired) electrons. The van der Waals surface area contributed by atoms with Crippen molar-refractivity contribution in [2.75, 3.05) is 5.73 Å². The Kier molecular flexibility index (Phi) is 3.03. The molecule has 0 fully saturated rings. The van der Waals surface area contributed by atoms with E-state index in [4.69, 9.17) is 11.0 Å². The highest BCUT2D eigenvalue weighted by atomic mass is 32.2. The summed E-state index contributed by atoms with van der Waals surface area (Å²) in [6.45, 7) is 0. The first-order valence-electron chi connectivity index (χ1n) is 4.54. The lowest BCUT2D eigenvalue weighted by Gasteiger charge is -2.03. The van der Waals surface area contributed by atoms with Crippen LogP contribution in [0.15, 0.2) is 46.6 Å². The van der Waals surface area contributed by atoms with Gasteiger partial charge in [-0.25, -0.2) is 4.98 Å². The summed E-state index contributed by atoms with van der Waals surface area (Å²) in [4.78, 5) is 8.95. The normalized spacial score (nSPS) is 9.69. The minimum absolute atomic E-state index is 0.401. The number of nitrogen functional groups attached to an aromatic ring is 1. The van der Waals surface area contributed by atoms with Gasteiger partial charge in [0.15, 0.2) is 0 Å². The highest BCUT2D eigenvalue weighted by Gasteiger charge is 2.03. The van der Waals surface area contributed by atoms with E-state index < -0.39 is 0 Å². The van der Waals surface area contributed by atoms with E-state index in [9.17, 15) is 0 Å². The Morgan fingerprint density at radius 1 is 1.31 bits per heavy atom. The molecule has 0 bridgehead atoms. The standard InChI is InChI=1S/C11H8N4S/c12-6-8-2-1-3-11(15-8)16-10-4-5-14-7-9(10)13/h1-5,7H,13H2. The van der Waals surface area contributed by atoms with Crippen LogP contribution in [-0.4, -0.2) is 9.97 Å². The zero-order valence-electron chi connectivity index (χ0n) is 8.29. The summed E-state index contributed by atoms with van der Waals surface area (Å²) in [7, 11) is 0. The fourth-order valence-electron chi connectivity index (χ4n) is 1.13.